The Morgan fingerprint density at radius 2 is 2.05 bits per heavy atom. The number of hydrazone groups is 1. The van der Waals surface area contributed by atoms with E-state index in [1.165, 1.54) is 32.1 Å². The predicted octanol–water partition coefficient (Wildman–Crippen LogP) is 1.95. The lowest BCUT2D eigenvalue weighted by molar-refractivity contribution is -0.112. The van der Waals surface area contributed by atoms with E-state index in [1.54, 1.807) is 0 Å². The van der Waals surface area contributed by atoms with Crippen LogP contribution in [0, 0.1) is 5.92 Å². The standard InChI is InChI=1S/C16H24N4O2/c17-15(16(18)21)20-19-14-8-4-7-13(9-14)11-22-10-12-5-2-1-3-6-12/h4,7-9,12,19H,1-3,5-6,10-11H2,(H2,17,20)(H2,18,21). The van der Waals surface area contributed by atoms with Crippen molar-refractivity contribution >= 4 is 17.4 Å². The highest BCUT2D eigenvalue weighted by molar-refractivity contribution is 6.36. The minimum atomic E-state index is -0.750. The summed E-state index contributed by atoms with van der Waals surface area (Å²) < 4.78 is 5.82. The van der Waals surface area contributed by atoms with Crippen molar-refractivity contribution in [3.05, 3.63) is 29.8 Å². The van der Waals surface area contributed by atoms with E-state index in [2.05, 4.69) is 10.5 Å². The molecule has 1 aliphatic rings. The molecule has 1 aliphatic carbocycles. The van der Waals surface area contributed by atoms with Crippen LogP contribution in [-0.2, 0) is 16.1 Å². The van der Waals surface area contributed by atoms with E-state index in [4.69, 9.17) is 16.2 Å². The van der Waals surface area contributed by atoms with Gasteiger partial charge in [-0.15, -0.1) is 0 Å². The van der Waals surface area contributed by atoms with Gasteiger partial charge in [-0.05, 0) is 36.5 Å². The highest BCUT2D eigenvalue weighted by atomic mass is 16.5. The number of nitrogens with two attached hydrogens (primary N) is 2. The van der Waals surface area contributed by atoms with E-state index in [-0.39, 0.29) is 5.84 Å². The third-order valence-electron chi connectivity index (χ3n) is 3.83. The molecule has 6 heteroatoms. The molecule has 0 heterocycles. The highest BCUT2D eigenvalue weighted by Crippen LogP contribution is 2.24. The van der Waals surface area contributed by atoms with Crippen molar-refractivity contribution < 1.29 is 9.53 Å². The number of carbonyl (C=O) groups excluding carboxylic acids is 1. The molecular weight excluding hydrogens is 280 g/mol. The molecule has 0 aromatic heterocycles. The maximum absolute atomic E-state index is 10.8. The molecule has 0 unspecified atom stereocenters. The van der Waals surface area contributed by atoms with Crippen LogP contribution in [0.1, 0.15) is 37.7 Å². The maximum atomic E-state index is 10.8. The van der Waals surface area contributed by atoms with Crippen molar-refractivity contribution in [2.24, 2.45) is 22.5 Å². The minimum Gasteiger partial charge on any atom is -0.378 e. The Balaban J connectivity index is 1.80. The molecule has 2 rings (SSSR count). The molecule has 1 aromatic carbocycles. The van der Waals surface area contributed by atoms with Crippen LogP contribution in [0.4, 0.5) is 5.69 Å². The largest absolute Gasteiger partial charge is 0.378 e. The lowest BCUT2D eigenvalue weighted by atomic mass is 9.90. The van der Waals surface area contributed by atoms with Crippen LogP contribution in [0.2, 0.25) is 0 Å². The van der Waals surface area contributed by atoms with Gasteiger partial charge in [0.25, 0.3) is 5.91 Å². The SMILES string of the molecule is NC(=O)C(N)=NNc1cccc(COCC2CCCCC2)c1. The second-order valence-electron chi connectivity index (χ2n) is 5.69. The summed E-state index contributed by atoms with van der Waals surface area (Å²) >= 11 is 0. The molecule has 1 aromatic rings. The quantitative estimate of drug-likeness (QED) is 0.424. The third-order valence-corrected chi connectivity index (χ3v) is 3.83. The molecule has 0 atom stereocenters. The van der Waals surface area contributed by atoms with Crippen LogP contribution >= 0.6 is 0 Å². The summed E-state index contributed by atoms with van der Waals surface area (Å²) in [4.78, 5) is 10.8. The van der Waals surface area contributed by atoms with Gasteiger partial charge < -0.3 is 16.2 Å². The molecule has 0 saturated heterocycles. The number of amides is 1. The number of hydrogen-bond donors (Lipinski definition) is 3. The molecule has 5 N–H and O–H groups in total. The van der Waals surface area contributed by atoms with Crippen molar-refractivity contribution in [2.45, 2.75) is 38.7 Å². The number of nitrogens with zero attached hydrogens (tertiary/aromatic N) is 1. The molecular formula is C16H24N4O2. The van der Waals surface area contributed by atoms with Crippen molar-refractivity contribution in [3.63, 3.8) is 0 Å². The minimum absolute atomic E-state index is 0.251. The molecule has 0 spiro atoms. The second kappa shape index (κ2) is 8.38. The zero-order chi connectivity index (χ0) is 15.8. The van der Waals surface area contributed by atoms with E-state index in [0.29, 0.717) is 12.5 Å². The summed E-state index contributed by atoms with van der Waals surface area (Å²) in [5, 5.41) is 3.72. The van der Waals surface area contributed by atoms with Crippen LogP contribution in [0.15, 0.2) is 29.4 Å². The third kappa shape index (κ3) is 5.37. The molecule has 1 fully saturated rings. The fraction of sp³-hybridized carbons (Fsp3) is 0.500. The molecule has 1 saturated carbocycles. The second-order valence-corrected chi connectivity index (χ2v) is 5.69. The monoisotopic (exact) mass is 304 g/mol. The number of anilines is 1. The average Bonchev–Trinajstić information content (AvgIpc) is 2.54. The first-order valence-electron chi connectivity index (χ1n) is 7.71. The van der Waals surface area contributed by atoms with Crippen LogP contribution in [0.3, 0.4) is 0 Å². The molecule has 0 bridgehead atoms. The van der Waals surface area contributed by atoms with Gasteiger partial charge in [0.05, 0.1) is 12.3 Å². The number of rotatable bonds is 6. The summed E-state index contributed by atoms with van der Waals surface area (Å²) in [7, 11) is 0. The first-order valence-corrected chi connectivity index (χ1v) is 7.71. The van der Waals surface area contributed by atoms with Crippen molar-refractivity contribution in [1.82, 2.24) is 0 Å². The zero-order valence-corrected chi connectivity index (χ0v) is 12.8. The van der Waals surface area contributed by atoms with Gasteiger partial charge in [-0.2, -0.15) is 5.10 Å². The highest BCUT2D eigenvalue weighted by Gasteiger charge is 2.13. The number of hydrogen-bond acceptors (Lipinski definition) is 4. The van der Waals surface area contributed by atoms with Gasteiger partial charge in [-0.1, -0.05) is 31.4 Å². The first kappa shape index (κ1) is 16.3. The zero-order valence-electron chi connectivity index (χ0n) is 12.8. The molecule has 1 amide bonds. The molecule has 22 heavy (non-hydrogen) atoms. The summed E-state index contributed by atoms with van der Waals surface area (Å²) in [5.41, 5.74) is 14.9. The lowest BCUT2D eigenvalue weighted by Crippen LogP contribution is -2.31. The number of carbonyl (C=O) groups is 1. The van der Waals surface area contributed by atoms with Gasteiger partial charge in [-0.3, -0.25) is 10.2 Å². The van der Waals surface area contributed by atoms with Gasteiger partial charge in [0.15, 0.2) is 0 Å². The number of benzene rings is 1. The van der Waals surface area contributed by atoms with Gasteiger partial charge in [0.1, 0.15) is 0 Å². The van der Waals surface area contributed by atoms with E-state index in [1.807, 2.05) is 24.3 Å². The summed E-state index contributed by atoms with van der Waals surface area (Å²) in [6, 6.07) is 7.64. The number of amidine groups is 1. The molecule has 0 radical (unpaired) electrons. The Morgan fingerprint density at radius 3 is 2.77 bits per heavy atom. The Morgan fingerprint density at radius 1 is 1.27 bits per heavy atom. The smallest absolute Gasteiger partial charge is 0.285 e. The predicted molar refractivity (Wildman–Crippen MR) is 87.1 cm³/mol. The summed E-state index contributed by atoms with van der Waals surface area (Å²) in [6.07, 6.45) is 6.57. The Kier molecular flexibility index (Phi) is 6.21. The van der Waals surface area contributed by atoms with E-state index in [0.717, 1.165) is 17.9 Å². The number of nitrogens with one attached hydrogen (secondary N) is 1. The molecule has 120 valence electrons. The number of primary amides is 1. The van der Waals surface area contributed by atoms with Crippen molar-refractivity contribution in [2.75, 3.05) is 12.0 Å². The lowest BCUT2D eigenvalue weighted by Gasteiger charge is -2.21. The Bertz CT molecular complexity index is 525. The number of ether oxygens (including phenoxy) is 1. The van der Waals surface area contributed by atoms with Gasteiger partial charge in [0, 0.05) is 6.61 Å². The summed E-state index contributed by atoms with van der Waals surface area (Å²) in [6.45, 7) is 1.39. The first-order chi connectivity index (χ1) is 10.6. The van der Waals surface area contributed by atoms with E-state index < -0.39 is 5.91 Å². The van der Waals surface area contributed by atoms with Crippen LogP contribution in [0.5, 0.6) is 0 Å². The van der Waals surface area contributed by atoms with Gasteiger partial charge in [0.2, 0.25) is 5.84 Å². The van der Waals surface area contributed by atoms with Crippen LogP contribution < -0.4 is 16.9 Å². The van der Waals surface area contributed by atoms with E-state index >= 15 is 0 Å². The Labute approximate surface area is 130 Å². The van der Waals surface area contributed by atoms with Gasteiger partial charge >= 0.3 is 0 Å². The van der Waals surface area contributed by atoms with Crippen molar-refractivity contribution in [1.29, 1.82) is 0 Å². The average molecular weight is 304 g/mol. The molecule has 6 nitrogen and oxygen atoms in total. The Hall–Kier alpha value is -2.08. The van der Waals surface area contributed by atoms with Crippen LogP contribution in [-0.4, -0.2) is 18.3 Å². The van der Waals surface area contributed by atoms with Gasteiger partial charge in [-0.25, -0.2) is 0 Å². The van der Waals surface area contributed by atoms with E-state index in [9.17, 15) is 4.79 Å². The maximum Gasteiger partial charge on any atom is 0.285 e. The van der Waals surface area contributed by atoms with Crippen LogP contribution in [0.25, 0.3) is 0 Å². The molecule has 0 aliphatic heterocycles. The fourth-order valence-corrected chi connectivity index (χ4v) is 2.61. The fourth-order valence-electron chi connectivity index (χ4n) is 2.61. The topological polar surface area (TPSA) is 103 Å². The summed E-state index contributed by atoms with van der Waals surface area (Å²) in [5.74, 6) is -0.298. The normalized spacial score (nSPS) is 16.5. The van der Waals surface area contributed by atoms with Crippen molar-refractivity contribution in [3.8, 4) is 0 Å².